The first kappa shape index (κ1) is 15.7. The molecule has 5 heteroatoms. The molecular formula is C13H17ClINO2. The number of ether oxygens (including phenoxy) is 1. The van der Waals surface area contributed by atoms with Gasteiger partial charge in [0.2, 0.25) is 0 Å². The number of carbonyl (C=O) groups excluding carboxylic acids is 1. The Hall–Kier alpha value is -0.330. The van der Waals surface area contributed by atoms with Crippen LogP contribution < -0.4 is 0 Å². The van der Waals surface area contributed by atoms with Gasteiger partial charge in [-0.05, 0) is 54.6 Å². The molecule has 1 aromatic carbocycles. The van der Waals surface area contributed by atoms with Crippen LogP contribution in [0.3, 0.4) is 0 Å². The number of rotatable bonds is 5. The fourth-order valence-electron chi connectivity index (χ4n) is 1.60. The highest BCUT2D eigenvalue weighted by Crippen LogP contribution is 2.20. The average molecular weight is 382 g/mol. The molecule has 0 aliphatic heterocycles. The Morgan fingerprint density at radius 3 is 2.72 bits per heavy atom. The van der Waals surface area contributed by atoms with Crippen LogP contribution in [0.2, 0.25) is 5.02 Å². The van der Waals surface area contributed by atoms with Gasteiger partial charge in [-0.1, -0.05) is 11.6 Å². The van der Waals surface area contributed by atoms with Crippen molar-refractivity contribution in [3.05, 3.63) is 32.4 Å². The molecule has 18 heavy (non-hydrogen) atoms. The van der Waals surface area contributed by atoms with Crippen LogP contribution in [0.5, 0.6) is 0 Å². The summed E-state index contributed by atoms with van der Waals surface area (Å²) in [4.78, 5) is 14.3. The van der Waals surface area contributed by atoms with Crippen LogP contribution in [-0.4, -0.2) is 37.1 Å². The Labute approximate surface area is 127 Å². The summed E-state index contributed by atoms with van der Waals surface area (Å²) in [6, 6.07) is 5.48. The van der Waals surface area contributed by atoms with E-state index in [1.165, 1.54) is 0 Å². The zero-order chi connectivity index (χ0) is 13.7. The Bertz CT molecular complexity index is 423. The van der Waals surface area contributed by atoms with Crippen LogP contribution in [0, 0.1) is 3.57 Å². The highest BCUT2D eigenvalue weighted by molar-refractivity contribution is 14.1. The van der Waals surface area contributed by atoms with E-state index in [0.717, 1.165) is 3.57 Å². The summed E-state index contributed by atoms with van der Waals surface area (Å²) in [7, 11) is 1.63. The van der Waals surface area contributed by atoms with Crippen LogP contribution in [0.25, 0.3) is 0 Å². The molecule has 1 amide bonds. The van der Waals surface area contributed by atoms with Crippen LogP contribution in [0.15, 0.2) is 18.2 Å². The molecule has 0 atom stereocenters. The standard InChI is InChI=1S/C13H17ClINO2/c1-9(2)16(6-7-18-3)13(17)11-8-10(14)4-5-12(11)15/h4-5,8-9H,6-7H2,1-3H3. The topological polar surface area (TPSA) is 29.5 Å². The van der Waals surface area contributed by atoms with Crippen molar-refractivity contribution in [1.29, 1.82) is 0 Å². The minimum Gasteiger partial charge on any atom is -0.383 e. The highest BCUT2D eigenvalue weighted by Gasteiger charge is 2.20. The third-order valence-corrected chi connectivity index (χ3v) is 3.76. The van der Waals surface area contributed by atoms with Crippen molar-refractivity contribution in [3.8, 4) is 0 Å². The van der Waals surface area contributed by atoms with E-state index in [-0.39, 0.29) is 11.9 Å². The van der Waals surface area contributed by atoms with E-state index < -0.39 is 0 Å². The predicted molar refractivity (Wildman–Crippen MR) is 82.2 cm³/mol. The molecule has 0 aliphatic rings. The van der Waals surface area contributed by atoms with Crippen molar-refractivity contribution in [3.63, 3.8) is 0 Å². The minimum atomic E-state index is -0.00560. The number of amides is 1. The third-order valence-electron chi connectivity index (χ3n) is 2.58. The van der Waals surface area contributed by atoms with Gasteiger partial charge < -0.3 is 9.64 Å². The molecule has 0 bridgehead atoms. The SMILES string of the molecule is COCCN(C(=O)c1cc(Cl)ccc1I)C(C)C. The molecule has 0 saturated heterocycles. The van der Waals surface area contributed by atoms with E-state index in [0.29, 0.717) is 23.7 Å². The van der Waals surface area contributed by atoms with Crippen molar-refractivity contribution >= 4 is 40.1 Å². The number of nitrogens with zero attached hydrogens (tertiary/aromatic N) is 1. The molecule has 0 unspecified atom stereocenters. The summed E-state index contributed by atoms with van der Waals surface area (Å²) in [5, 5.41) is 0.578. The lowest BCUT2D eigenvalue weighted by Crippen LogP contribution is -2.39. The number of benzene rings is 1. The van der Waals surface area contributed by atoms with Gasteiger partial charge in [-0.15, -0.1) is 0 Å². The van der Waals surface area contributed by atoms with Crippen molar-refractivity contribution < 1.29 is 9.53 Å². The maximum atomic E-state index is 12.5. The summed E-state index contributed by atoms with van der Waals surface area (Å²) in [5.41, 5.74) is 0.646. The quantitative estimate of drug-likeness (QED) is 0.731. The molecule has 0 spiro atoms. The van der Waals surface area contributed by atoms with Crippen LogP contribution in [0.1, 0.15) is 24.2 Å². The molecule has 3 nitrogen and oxygen atoms in total. The van der Waals surface area contributed by atoms with Gasteiger partial charge in [0.25, 0.3) is 5.91 Å². The fourth-order valence-corrected chi connectivity index (χ4v) is 2.34. The van der Waals surface area contributed by atoms with Crippen LogP contribution >= 0.6 is 34.2 Å². The second-order valence-electron chi connectivity index (χ2n) is 4.21. The molecule has 0 N–H and O–H groups in total. The molecule has 0 aliphatic carbocycles. The van der Waals surface area contributed by atoms with Gasteiger partial charge in [0.05, 0.1) is 12.2 Å². The molecule has 0 aromatic heterocycles. The second-order valence-corrected chi connectivity index (χ2v) is 5.81. The van der Waals surface area contributed by atoms with Gasteiger partial charge in [0.1, 0.15) is 0 Å². The molecule has 100 valence electrons. The lowest BCUT2D eigenvalue weighted by molar-refractivity contribution is 0.0634. The maximum absolute atomic E-state index is 12.5. The average Bonchev–Trinajstić information content (AvgIpc) is 2.32. The number of halogens is 2. The zero-order valence-corrected chi connectivity index (χ0v) is 13.7. The predicted octanol–water partition coefficient (Wildman–Crippen LogP) is 3.44. The van der Waals surface area contributed by atoms with E-state index in [9.17, 15) is 4.79 Å². The maximum Gasteiger partial charge on any atom is 0.255 e. The normalized spacial score (nSPS) is 10.8. The Morgan fingerprint density at radius 1 is 1.50 bits per heavy atom. The van der Waals surface area contributed by atoms with Gasteiger partial charge >= 0.3 is 0 Å². The van der Waals surface area contributed by atoms with Gasteiger partial charge in [0, 0.05) is 28.3 Å². The lowest BCUT2D eigenvalue weighted by atomic mass is 10.1. The van der Waals surface area contributed by atoms with Gasteiger partial charge in [0.15, 0.2) is 0 Å². The highest BCUT2D eigenvalue weighted by atomic mass is 127. The number of methoxy groups -OCH3 is 1. The Kier molecular flexibility index (Phi) is 6.38. The molecule has 0 saturated carbocycles. The fraction of sp³-hybridized carbons (Fsp3) is 0.462. The summed E-state index contributed by atoms with van der Waals surface area (Å²) >= 11 is 8.10. The minimum absolute atomic E-state index is 0.00560. The van der Waals surface area contributed by atoms with E-state index in [1.54, 1.807) is 24.1 Å². The molecule has 0 radical (unpaired) electrons. The number of carbonyl (C=O) groups is 1. The molecule has 0 fully saturated rings. The van der Waals surface area contributed by atoms with Gasteiger partial charge in [-0.2, -0.15) is 0 Å². The van der Waals surface area contributed by atoms with Crippen molar-refractivity contribution in [2.24, 2.45) is 0 Å². The molecule has 0 heterocycles. The van der Waals surface area contributed by atoms with E-state index in [1.807, 2.05) is 19.9 Å². The third kappa shape index (κ3) is 4.10. The van der Waals surface area contributed by atoms with E-state index >= 15 is 0 Å². The summed E-state index contributed by atoms with van der Waals surface area (Å²) in [5.74, 6) is -0.00560. The van der Waals surface area contributed by atoms with Gasteiger partial charge in [-0.3, -0.25) is 4.79 Å². The Balaban J connectivity index is 2.98. The first-order chi connectivity index (χ1) is 8.47. The summed E-state index contributed by atoms with van der Waals surface area (Å²) in [6.07, 6.45) is 0. The lowest BCUT2D eigenvalue weighted by Gasteiger charge is -2.27. The van der Waals surface area contributed by atoms with Crippen molar-refractivity contribution in [2.45, 2.75) is 19.9 Å². The number of hydrogen-bond acceptors (Lipinski definition) is 2. The first-order valence-electron chi connectivity index (χ1n) is 5.72. The van der Waals surface area contributed by atoms with Crippen molar-refractivity contribution in [2.75, 3.05) is 20.3 Å². The zero-order valence-electron chi connectivity index (χ0n) is 10.7. The van der Waals surface area contributed by atoms with E-state index in [4.69, 9.17) is 16.3 Å². The first-order valence-corrected chi connectivity index (χ1v) is 7.18. The van der Waals surface area contributed by atoms with E-state index in [2.05, 4.69) is 22.6 Å². The summed E-state index contributed by atoms with van der Waals surface area (Å²) in [6.45, 7) is 5.09. The van der Waals surface area contributed by atoms with Crippen molar-refractivity contribution in [1.82, 2.24) is 4.90 Å². The second kappa shape index (κ2) is 7.31. The summed E-state index contributed by atoms with van der Waals surface area (Å²) < 4.78 is 5.95. The number of hydrogen-bond donors (Lipinski definition) is 0. The van der Waals surface area contributed by atoms with Crippen LogP contribution in [-0.2, 0) is 4.74 Å². The molecular weight excluding hydrogens is 365 g/mol. The molecule has 1 rings (SSSR count). The smallest absolute Gasteiger partial charge is 0.255 e. The largest absolute Gasteiger partial charge is 0.383 e. The monoisotopic (exact) mass is 381 g/mol. The molecule has 1 aromatic rings. The van der Waals surface area contributed by atoms with Gasteiger partial charge in [-0.25, -0.2) is 0 Å². The van der Waals surface area contributed by atoms with Crippen LogP contribution in [0.4, 0.5) is 0 Å². The Morgan fingerprint density at radius 2 is 2.17 bits per heavy atom.